The summed E-state index contributed by atoms with van der Waals surface area (Å²) in [6.45, 7) is 6.78. The zero-order valence-corrected chi connectivity index (χ0v) is 10.2. The van der Waals surface area contributed by atoms with Crippen molar-refractivity contribution in [3.63, 3.8) is 0 Å². The van der Waals surface area contributed by atoms with Crippen LogP contribution in [0.3, 0.4) is 0 Å². The first-order valence-corrected chi connectivity index (χ1v) is 6.13. The molecule has 2 heteroatoms. The van der Waals surface area contributed by atoms with Crippen LogP contribution in [-0.4, -0.2) is 9.38 Å². The topological polar surface area (TPSA) is 17.3 Å². The first-order valence-electron chi connectivity index (χ1n) is 6.13. The molecule has 2 atom stereocenters. The summed E-state index contributed by atoms with van der Waals surface area (Å²) >= 11 is 0. The summed E-state index contributed by atoms with van der Waals surface area (Å²) in [6, 6.07) is 4.26. The highest BCUT2D eigenvalue weighted by atomic mass is 15.0. The van der Waals surface area contributed by atoms with E-state index >= 15 is 0 Å². The van der Waals surface area contributed by atoms with Gasteiger partial charge in [0.05, 0.1) is 5.69 Å². The first-order chi connectivity index (χ1) is 7.66. The number of aromatic nitrogens is 2. The summed E-state index contributed by atoms with van der Waals surface area (Å²) in [7, 11) is 0. The molecule has 2 nitrogen and oxygen atoms in total. The molecule has 0 aliphatic heterocycles. The van der Waals surface area contributed by atoms with Gasteiger partial charge in [0.1, 0.15) is 5.65 Å². The van der Waals surface area contributed by atoms with Gasteiger partial charge in [0.25, 0.3) is 0 Å². The van der Waals surface area contributed by atoms with Crippen LogP contribution in [0.2, 0.25) is 0 Å². The zero-order valence-electron chi connectivity index (χ0n) is 10.2. The fraction of sp³-hybridized carbons (Fsp3) is 0.500. The largest absolute Gasteiger partial charge is 0.304 e. The maximum atomic E-state index is 4.83. The minimum Gasteiger partial charge on any atom is -0.304 e. The lowest BCUT2D eigenvalue weighted by Gasteiger charge is -2.23. The minimum atomic E-state index is 0.609. The fourth-order valence-electron chi connectivity index (χ4n) is 3.00. The number of imidazole rings is 1. The van der Waals surface area contributed by atoms with Gasteiger partial charge in [0.2, 0.25) is 0 Å². The van der Waals surface area contributed by atoms with Crippen LogP contribution >= 0.6 is 0 Å². The summed E-state index contributed by atoms with van der Waals surface area (Å²) < 4.78 is 2.29. The second-order valence-electron chi connectivity index (χ2n) is 5.27. The van der Waals surface area contributed by atoms with Crippen LogP contribution in [-0.2, 0) is 6.42 Å². The monoisotopic (exact) mass is 214 g/mol. The van der Waals surface area contributed by atoms with Gasteiger partial charge in [0.15, 0.2) is 0 Å². The predicted molar refractivity (Wildman–Crippen MR) is 65.8 cm³/mol. The van der Waals surface area contributed by atoms with Crippen molar-refractivity contribution < 1.29 is 0 Å². The van der Waals surface area contributed by atoms with Crippen molar-refractivity contribution in [2.75, 3.05) is 0 Å². The third-order valence-corrected chi connectivity index (χ3v) is 3.74. The molecule has 0 N–H and O–H groups in total. The minimum absolute atomic E-state index is 0.609. The van der Waals surface area contributed by atoms with Crippen LogP contribution in [0.4, 0.5) is 0 Å². The number of hydrogen-bond acceptors (Lipinski definition) is 1. The first kappa shape index (κ1) is 9.88. The zero-order chi connectivity index (χ0) is 11.3. The molecule has 0 saturated heterocycles. The van der Waals surface area contributed by atoms with E-state index in [1.165, 1.54) is 29.8 Å². The van der Waals surface area contributed by atoms with E-state index in [0.29, 0.717) is 5.92 Å². The maximum Gasteiger partial charge on any atom is 0.140 e. The highest BCUT2D eigenvalue weighted by molar-refractivity contribution is 5.51. The van der Waals surface area contributed by atoms with Crippen molar-refractivity contribution in [2.45, 2.75) is 39.5 Å². The van der Waals surface area contributed by atoms with Crippen molar-refractivity contribution in [3.8, 4) is 0 Å². The third-order valence-electron chi connectivity index (χ3n) is 3.74. The highest BCUT2D eigenvalue weighted by Crippen LogP contribution is 2.34. The Bertz CT molecular complexity index is 539. The van der Waals surface area contributed by atoms with Gasteiger partial charge >= 0.3 is 0 Å². The van der Waals surface area contributed by atoms with Crippen molar-refractivity contribution in [2.24, 2.45) is 5.92 Å². The smallest absolute Gasteiger partial charge is 0.140 e. The Kier molecular flexibility index (Phi) is 2.06. The molecule has 84 valence electrons. The Labute approximate surface area is 96.3 Å². The molecule has 1 aliphatic carbocycles. The molecule has 0 aromatic carbocycles. The average Bonchev–Trinajstić information content (AvgIpc) is 2.59. The molecule has 2 aromatic rings. The van der Waals surface area contributed by atoms with Crippen molar-refractivity contribution in [1.82, 2.24) is 9.38 Å². The molecule has 3 rings (SSSR count). The number of hydrogen-bond donors (Lipinski definition) is 0. The predicted octanol–water partition coefficient (Wildman–Crippen LogP) is 3.33. The van der Waals surface area contributed by atoms with Gasteiger partial charge in [-0.3, -0.25) is 0 Å². The highest BCUT2D eigenvalue weighted by Gasteiger charge is 2.26. The van der Waals surface area contributed by atoms with Crippen LogP contribution in [0.1, 0.15) is 43.1 Å². The van der Waals surface area contributed by atoms with Gasteiger partial charge in [-0.25, -0.2) is 4.98 Å². The van der Waals surface area contributed by atoms with Gasteiger partial charge in [0, 0.05) is 17.8 Å². The van der Waals surface area contributed by atoms with E-state index in [-0.39, 0.29) is 0 Å². The van der Waals surface area contributed by atoms with E-state index in [9.17, 15) is 0 Å². The van der Waals surface area contributed by atoms with Crippen LogP contribution in [0.25, 0.3) is 5.65 Å². The van der Waals surface area contributed by atoms with E-state index in [1.54, 1.807) is 0 Å². The molecule has 2 aromatic heterocycles. The molecule has 0 bridgehead atoms. The van der Waals surface area contributed by atoms with Crippen molar-refractivity contribution in [3.05, 3.63) is 35.3 Å². The van der Waals surface area contributed by atoms with E-state index in [2.05, 4.69) is 43.5 Å². The molecule has 0 amide bonds. The summed E-state index contributed by atoms with van der Waals surface area (Å²) in [6.07, 6.45) is 4.60. The van der Waals surface area contributed by atoms with Gasteiger partial charge in [-0.05, 0) is 37.3 Å². The Morgan fingerprint density at radius 2 is 2.19 bits per heavy atom. The summed E-state index contributed by atoms with van der Waals surface area (Å²) in [5.41, 5.74) is 5.18. The molecule has 1 aliphatic rings. The molecule has 0 fully saturated rings. The standard InChI is InChI=1S/C14H18N2/c1-9-7-11(3)13-12(8-9)16-6-4-5-10(2)14(16)15-13/h4-6,9,11H,7-8H2,1-3H3. The van der Waals surface area contributed by atoms with E-state index in [4.69, 9.17) is 4.98 Å². The Morgan fingerprint density at radius 3 is 3.00 bits per heavy atom. The lowest BCUT2D eigenvalue weighted by molar-refractivity contribution is 0.438. The second-order valence-corrected chi connectivity index (χ2v) is 5.27. The Morgan fingerprint density at radius 1 is 1.38 bits per heavy atom. The fourth-order valence-corrected chi connectivity index (χ4v) is 3.00. The van der Waals surface area contributed by atoms with Gasteiger partial charge in [-0.2, -0.15) is 0 Å². The molecule has 0 radical (unpaired) electrons. The summed E-state index contributed by atoms with van der Waals surface area (Å²) in [5, 5.41) is 0. The lowest BCUT2D eigenvalue weighted by atomic mass is 9.84. The van der Waals surface area contributed by atoms with E-state index in [1.807, 2.05) is 0 Å². The van der Waals surface area contributed by atoms with Gasteiger partial charge in [-0.1, -0.05) is 19.9 Å². The Balaban J connectivity index is 2.30. The van der Waals surface area contributed by atoms with Crippen LogP contribution in [0, 0.1) is 12.8 Å². The molecule has 0 saturated carbocycles. The number of pyridine rings is 1. The van der Waals surface area contributed by atoms with Crippen LogP contribution < -0.4 is 0 Å². The lowest BCUT2D eigenvalue weighted by Crippen LogP contribution is -2.15. The van der Waals surface area contributed by atoms with Crippen LogP contribution in [0.5, 0.6) is 0 Å². The summed E-state index contributed by atoms with van der Waals surface area (Å²) in [4.78, 5) is 4.83. The van der Waals surface area contributed by atoms with Gasteiger partial charge < -0.3 is 4.40 Å². The molecule has 2 unspecified atom stereocenters. The van der Waals surface area contributed by atoms with Crippen molar-refractivity contribution >= 4 is 5.65 Å². The van der Waals surface area contributed by atoms with E-state index in [0.717, 1.165) is 11.6 Å². The number of aryl methyl sites for hydroxylation is 1. The number of nitrogens with zero attached hydrogens (tertiary/aromatic N) is 2. The third kappa shape index (κ3) is 1.29. The Hall–Kier alpha value is -1.31. The molecule has 16 heavy (non-hydrogen) atoms. The second kappa shape index (κ2) is 3.34. The molecular formula is C14H18N2. The maximum absolute atomic E-state index is 4.83. The van der Waals surface area contributed by atoms with Crippen LogP contribution in [0.15, 0.2) is 18.3 Å². The number of fused-ring (bicyclic) bond motifs is 3. The quantitative estimate of drug-likeness (QED) is 0.657. The van der Waals surface area contributed by atoms with Gasteiger partial charge in [-0.15, -0.1) is 0 Å². The average molecular weight is 214 g/mol. The van der Waals surface area contributed by atoms with E-state index < -0.39 is 0 Å². The number of rotatable bonds is 0. The van der Waals surface area contributed by atoms with Crippen molar-refractivity contribution in [1.29, 1.82) is 0 Å². The molecule has 0 spiro atoms. The summed E-state index contributed by atoms with van der Waals surface area (Å²) in [5.74, 6) is 1.39. The molecular weight excluding hydrogens is 196 g/mol. The normalized spacial score (nSPS) is 24.7. The molecule has 2 heterocycles. The SMILES string of the molecule is Cc1cccn2c3c(nc12)C(C)CC(C)C3.